The average Bonchev–Trinajstić information content (AvgIpc) is 3.06. The Balaban J connectivity index is 2.15. The van der Waals surface area contributed by atoms with Gasteiger partial charge in [-0.25, -0.2) is 0 Å². The van der Waals surface area contributed by atoms with Gasteiger partial charge >= 0.3 is 0 Å². The summed E-state index contributed by atoms with van der Waals surface area (Å²) < 4.78 is 17.3. The number of ether oxygens (including phenoxy) is 3. The molecule has 196 valence electrons. The highest BCUT2D eigenvalue weighted by Gasteiger charge is 2.54. The fraction of sp³-hybridized carbons (Fsp3) is 0.483. The van der Waals surface area contributed by atoms with Crippen LogP contribution in [-0.2, 0) is 23.8 Å². The zero-order valence-electron chi connectivity index (χ0n) is 22.4. The third-order valence-corrected chi connectivity index (χ3v) is 7.00. The molecule has 0 atom stereocenters. The van der Waals surface area contributed by atoms with E-state index in [1.54, 1.807) is 26.4 Å². The van der Waals surface area contributed by atoms with Crippen LogP contribution in [-0.4, -0.2) is 75.3 Å². The van der Waals surface area contributed by atoms with Crippen LogP contribution in [0.4, 0.5) is 0 Å². The van der Waals surface area contributed by atoms with Gasteiger partial charge in [0.25, 0.3) is 5.91 Å². The normalized spacial score (nSPS) is 18.3. The Labute approximate surface area is 215 Å². The Kier molecular flexibility index (Phi) is 9.68. The summed E-state index contributed by atoms with van der Waals surface area (Å²) >= 11 is 0. The van der Waals surface area contributed by atoms with Crippen molar-refractivity contribution in [3.8, 4) is 0 Å². The Hall–Kier alpha value is -2.71. The maximum atomic E-state index is 14.2. The SMILES string of the molecule is C=C/C=C(\C=C)COC1=C(c2c(C)cc(C)cc2C)C(=O)N(CCOCOC)C12CCN(OC)CC2. The minimum absolute atomic E-state index is 0.0280. The fourth-order valence-electron chi connectivity index (χ4n) is 5.41. The molecule has 0 aliphatic carbocycles. The maximum Gasteiger partial charge on any atom is 0.258 e. The number of rotatable bonds is 12. The third-order valence-electron chi connectivity index (χ3n) is 7.00. The first-order valence-electron chi connectivity index (χ1n) is 12.4. The van der Waals surface area contributed by atoms with Crippen LogP contribution in [0.15, 0.2) is 54.9 Å². The smallest absolute Gasteiger partial charge is 0.258 e. The molecule has 1 saturated heterocycles. The lowest BCUT2D eigenvalue weighted by molar-refractivity contribution is -0.166. The van der Waals surface area contributed by atoms with Crippen LogP contribution in [0, 0.1) is 20.8 Å². The largest absolute Gasteiger partial charge is 0.490 e. The molecule has 1 aromatic rings. The van der Waals surface area contributed by atoms with Crippen LogP contribution in [0.3, 0.4) is 0 Å². The van der Waals surface area contributed by atoms with E-state index in [4.69, 9.17) is 19.0 Å². The molecule has 0 aromatic heterocycles. The molecule has 1 amide bonds. The van der Waals surface area contributed by atoms with E-state index in [9.17, 15) is 4.79 Å². The number of carbonyl (C=O) groups is 1. The van der Waals surface area contributed by atoms with Gasteiger partial charge in [-0.2, -0.15) is 5.06 Å². The predicted molar refractivity (Wildman–Crippen MR) is 142 cm³/mol. The molecule has 0 N–H and O–H groups in total. The summed E-state index contributed by atoms with van der Waals surface area (Å²) in [7, 11) is 3.27. The number of hydrogen-bond acceptors (Lipinski definition) is 6. The quantitative estimate of drug-likeness (QED) is 0.241. The minimum atomic E-state index is -0.595. The lowest BCUT2D eigenvalue weighted by Gasteiger charge is -2.45. The lowest BCUT2D eigenvalue weighted by atomic mass is 9.84. The number of allylic oxidation sites excluding steroid dienone is 2. The molecule has 0 unspecified atom stereocenters. The molecular weight excluding hydrogens is 456 g/mol. The Morgan fingerprint density at radius 2 is 1.78 bits per heavy atom. The van der Waals surface area contributed by atoms with Crippen molar-refractivity contribution in [1.29, 1.82) is 0 Å². The molecule has 2 aliphatic rings. The molecule has 3 rings (SSSR count). The van der Waals surface area contributed by atoms with E-state index in [-0.39, 0.29) is 12.7 Å². The highest BCUT2D eigenvalue weighted by atomic mass is 16.7. The van der Waals surface area contributed by atoms with Crippen molar-refractivity contribution in [1.82, 2.24) is 9.96 Å². The molecule has 1 fully saturated rings. The number of hydroxylamine groups is 2. The molecule has 1 spiro atoms. The molecule has 2 heterocycles. The second-order valence-electron chi connectivity index (χ2n) is 9.36. The standard InChI is InChI=1S/C29H40N2O5/c1-8-10-24(9-2)19-36-27-26(25-22(4)17-21(3)18-23(25)5)28(32)31(15-16-35-20-33-6)29(27)11-13-30(34-7)14-12-29/h8-10,17-18H,1-2,11-16,19-20H2,3-7H3/b24-10+. The monoisotopic (exact) mass is 496 g/mol. The highest BCUT2D eigenvalue weighted by Crippen LogP contribution is 2.48. The van der Waals surface area contributed by atoms with Crippen LogP contribution < -0.4 is 0 Å². The predicted octanol–water partition coefficient (Wildman–Crippen LogP) is 4.50. The first-order chi connectivity index (χ1) is 17.3. The van der Waals surface area contributed by atoms with Gasteiger partial charge in [-0.05, 0) is 55.9 Å². The molecule has 0 bridgehead atoms. The Bertz CT molecular complexity index is 1010. The van der Waals surface area contributed by atoms with Gasteiger partial charge in [0.05, 0.1) is 19.3 Å². The van der Waals surface area contributed by atoms with Gasteiger partial charge in [-0.15, -0.1) is 0 Å². The Morgan fingerprint density at radius 3 is 2.33 bits per heavy atom. The summed E-state index contributed by atoms with van der Waals surface area (Å²) in [4.78, 5) is 21.7. The van der Waals surface area contributed by atoms with E-state index in [0.29, 0.717) is 51.3 Å². The van der Waals surface area contributed by atoms with Crippen molar-refractivity contribution < 1.29 is 23.8 Å². The topological polar surface area (TPSA) is 60.5 Å². The van der Waals surface area contributed by atoms with Crippen LogP contribution in [0.5, 0.6) is 0 Å². The van der Waals surface area contributed by atoms with Crippen LogP contribution in [0.1, 0.15) is 35.1 Å². The van der Waals surface area contributed by atoms with Crippen molar-refractivity contribution in [3.05, 3.63) is 77.1 Å². The number of aryl methyl sites for hydroxylation is 3. The van der Waals surface area contributed by atoms with Crippen LogP contribution in [0.25, 0.3) is 5.57 Å². The summed E-state index contributed by atoms with van der Waals surface area (Å²) in [6.07, 6.45) is 6.74. The van der Waals surface area contributed by atoms with E-state index >= 15 is 0 Å². The van der Waals surface area contributed by atoms with Gasteiger partial charge in [-0.3, -0.25) is 4.79 Å². The number of benzene rings is 1. The van der Waals surface area contributed by atoms with Crippen LogP contribution >= 0.6 is 0 Å². The number of piperidine rings is 1. The summed E-state index contributed by atoms with van der Waals surface area (Å²) in [5, 5.41) is 1.93. The van der Waals surface area contributed by atoms with E-state index in [0.717, 1.165) is 33.6 Å². The molecule has 0 radical (unpaired) electrons. The zero-order valence-corrected chi connectivity index (χ0v) is 22.4. The van der Waals surface area contributed by atoms with Crippen molar-refractivity contribution in [2.24, 2.45) is 0 Å². The molecule has 7 nitrogen and oxygen atoms in total. The van der Waals surface area contributed by atoms with E-state index in [1.165, 1.54) is 0 Å². The molecular formula is C29H40N2O5. The van der Waals surface area contributed by atoms with Gasteiger partial charge in [0.2, 0.25) is 0 Å². The van der Waals surface area contributed by atoms with E-state index < -0.39 is 5.54 Å². The van der Waals surface area contributed by atoms with Crippen LogP contribution in [0.2, 0.25) is 0 Å². The molecule has 0 saturated carbocycles. The van der Waals surface area contributed by atoms with Crippen molar-refractivity contribution in [2.75, 3.05) is 53.9 Å². The molecule has 36 heavy (non-hydrogen) atoms. The molecule has 7 heteroatoms. The average molecular weight is 497 g/mol. The maximum absolute atomic E-state index is 14.2. The summed E-state index contributed by atoms with van der Waals surface area (Å²) in [6, 6.07) is 4.25. The minimum Gasteiger partial charge on any atom is -0.490 e. The second-order valence-corrected chi connectivity index (χ2v) is 9.36. The first kappa shape index (κ1) is 27.9. The van der Waals surface area contributed by atoms with E-state index in [2.05, 4.69) is 46.1 Å². The third kappa shape index (κ3) is 5.65. The first-order valence-corrected chi connectivity index (χ1v) is 12.4. The van der Waals surface area contributed by atoms with Gasteiger partial charge in [0.1, 0.15) is 24.7 Å². The summed E-state index contributed by atoms with van der Waals surface area (Å²) in [5.74, 6) is 0.696. The summed E-state index contributed by atoms with van der Waals surface area (Å²) in [5.41, 5.74) is 5.18. The van der Waals surface area contributed by atoms with Gasteiger partial charge in [0, 0.05) is 26.7 Å². The molecule has 1 aromatic carbocycles. The second kappa shape index (κ2) is 12.5. The summed E-state index contributed by atoms with van der Waals surface area (Å²) in [6.45, 7) is 16.6. The van der Waals surface area contributed by atoms with Gasteiger partial charge in [-0.1, -0.05) is 49.1 Å². The molecule has 2 aliphatic heterocycles. The number of nitrogens with zero attached hydrogens (tertiary/aromatic N) is 2. The number of methoxy groups -OCH3 is 1. The van der Waals surface area contributed by atoms with Gasteiger partial charge in [0.15, 0.2) is 0 Å². The van der Waals surface area contributed by atoms with Crippen molar-refractivity contribution in [2.45, 2.75) is 39.2 Å². The zero-order chi connectivity index (χ0) is 26.3. The number of amides is 1. The fourth-order valence-corrected chi connectivity index (χ4v) is 5.41. The number of hydrogen-bond donors (Lipinski definition) is 0. The Morgan fingerprint density at radius 1 is 1.11 bits per heavy atom. The lowest BCUT2D eigenvalue weighted by Crippen LogP contribution is -2.56. The highest BCUT2D eigenvalue weighted by molar-refractivity contribution is 6.24. The van der Waals surface area contributed by atoms with Crippen molar-refractivity contribution in [3.63, 3.8) is 0 Å². The van der Waals surface area contributed by atoms with Crippen molar-refractivity contribution >= 4 is 11.5 Å². The van der Waals surface area contributed by atoms with Gasteiger partial charge < -0.3 is 23.9 Å². The van der Waals surface area contributed by atoms with E-state index in [1.807, 2.05) is 16.0 Å². The number of carbonyl (C=O) groups excluding carboxylic acids is 1.